The first-order valence-electron chi connectivity index (χ1n) is 8.22. The summed E-state index contributed by atoms with van der Waals surface area (Å²) in [6.07, 6.45) is 3.02. The molecule has 0 spiro atoms. The number of aromatic nitrogens is 2. The molecule has 3 rings (SSSR count). The van der Waals surface area contributed by atoms with Gasteiger partial charge in [0.2, 0.25) is 5.89 Å². The summed E-state index contributed by atoms with van der Waals surface area (Å²) in [6, 6.07) is 8.51. The SMILES string of the molecule is Cc1noc(CCN=C(NC2CC2)NC(C)c2ccc(Cl)cc2)n1.I. The van der Waals surface area contributed by atoms with Gasteiger partial charge in [-0.15, -0.1) is 24.0 Å². The van der Waals surface area contributed by atoms with Gasteiger partial charge < -0.3 is 15.2 Å². The molecule has 1 aromatic carbocycles. The van der Waals surface area contributed by atoms with Crippen LogP contribution in [-0.2, 0) is 6.42 Å². The van der Waals surface area contributed by atoms with Crippen molar-refractivity contribution in [1.82, 2.24) is 20.8 Å². The number of benzene rings is 1. The van der Waals surface area contributed by atoms with Crippen LogP contribution in [-0.4, -0.2) is 28.7 Å². The average Bonchev–Trinajstić information content (AvgIpc) is 3.27. The van der Waals surface area contributed by atoms with Gasteiger partial charge in [-0.25, -0.2) is 0 Å². The standard InChI is InChI=1S/C17H22ClN5O.HI/c1-11(13-3-5-14(18)6-4-13)20-17(22-15-7-8-15)19-10-9-16-21-12(2)23-24-16;/h3-6,11,15H,7-10H2,1-2H3,(H2,19,20,22);1H. The van der Waals surface area contributed by atoms with Crippen LogP contribution in [0.15, 0.2) is 33.8 Å². The van der Waals surface area contributed by atoms with Gasteiger partial charge in [0, 0.05) is 17.5 Å². The molecule has 8 heteroatoms. The topological polar surface area (TPSA) is 75.3 Å². The normalized spacial score (nSPS) is 15.4. The van der Waals surface area contributed by atoms with Gasteiger partial charge >= 0.3 is 0 Å². The third-order valence-corrected chi connectivity index (χ3v) is 4.06. The van der Waals surface area contributed by atoms with Crippen molar-refractivity contribution in [2.75, 3.05) is 6.54 Å². The lowest BCUT2D eigenvalue weighted by atomic mass is 10.1. The molecule has 1 saturated carbocycles. The van der Waals surface area contributed by atoms with Gasteiger partial charge in [-0.1, -0.05) is 28.9 Å². The third kappa shape index (κ3) is 6.47. The first-order chi connectivity index (χ1) is 11.6. The number of guanidine groups is 1. The molecule has 0 radical (unpaired) electrons. The number of rotatable bonds is 6. The second-order valence-electron chi connectivity index (χ2n) is 6.05. The quantitative estimate of drug-likeness (QED) is 0.379. The molecule has 6 nitrogen and oxygen atoms in total. The molecule has 1 aromatic heterocycles. The second kappa shape index (κ2) is 9.38. The summed E-state index contributed by atoms with van der Waals surface area (Å²) >= 11 is 5.95. The highest BCUT2D eigenvalue weighted by molar-refractivity contribution is 14.0. The summed E-state index contributed by atoms with van der Waals surface area (Å²) in [7, 11) is 0. The minimum Gasteiger partial charge on any atom is -0.354 e. The highest BCUT2D eigenvalue weighted by Gasteiger charge is 2.23. The van der Waals surface area contributed by atoms with Crippen molar-refractivity contribution >= 4 is 41.5 Å². The van der Waals surface area contributed by atoms with Crippen molar-refractivity contribution in [3.63, 3.8) is 0 Å². The fourth-order valence-electron chi connectivity index (χ4n) is 2.30. The predicted molar refractivity (Wildman–Crippen MR) is 110 cm³/mol. The summed E-state index contributed by atoms with van der Waals surface area (Å²) in [5, 5.41) is 11.4. The first-order valence-corrected chi connectivity index (χ1v) is 8.60. The minimum absolute atomic E-state index is 0. The van der Waals surface area contributed by atoms with Gasteiger partial charge in [0.1, 0.15) is 0 Å². The molecule has 1 fully saturated rings. The van der Waals surface area contributed by atoms with E-state index in [2.05, 4.69) is 32.7 Å². The number of hydrogen-bond acceptors (Lipinski definition) is 4. The van der Waals surface area contributed by atoms with Crippen LogP contribution in [0.25, 0.3) is 0 Å². The van der Waals surface area contributed by atoms with Crippen LogP contribution in [0.5, 0.6) is 0 Å². The van der Waals surface area contributed by atoms with E-state index in [0.717, 1.165) is 16.5 Å². The highest BCUT2D eigenvalue weighted by Crippen LogP contribution is 2.19. The Morgan fingerprint density at radius 1 is 1.36 bits per heavy atom. The monoisotopic (exact) mass is 475 g/mol. The molecule has 2 N–H and O–H groups in total. The van der Waals surface area contributed by atoms with Crippen molar-refractivity contribution in [1.29, 1.82) is 0 Å². The smallest absolute Gasteiger partial charge is 0.228 e. The van der Waals surface area contributed by atoms with Crippen LogP contribution < -0.4 is 10.6 Å². The van der Waals surface area contributed by atoms with Crippen LogP contribution in [0.4, 0.5) is 0 Å². The summed E-state index contributed by atoms with van der Waals surface area (Å²) in [4.78, 5) is 8.83. The number of aliphatic imine (C=N–C) groups is 1. The van der Waals surface area contributed by atoms with Gasteiger partial charge in [-0.2, -0.15) is 4.98 Å². The maximum atomic E-state index is 5.95. The first kappa shape index (κ1) is 20.0. The molecule has 25 heavy (non-hydrogen) atoms. The molecule has 0 bridgehead atoms. The molecule has 0 aliphatic heterocycles. The average molecular weight is 476 g/mol. The fourth-order valence-corrected chi connectivity index (χ4v) is 2.42. The van der Waals surface area contributed by atoms with Crippen LogP contribution in [0.1, 0.15) is 43.1 Å². The lowest BCUT2D eigenvalue weighted by molar-refractivity contribution is 0.376. The largest absolute Gasteiger partial charge is 0.354 e. The van der Waals surface area contributed by atoms with Gasteiger partial charge in [-0.3, -0.25) is 4.99 Å². The van der Waals surface area contributed by atoms with E-state index in [0.29, 0.717) is 30.7 Å². The number of aryl methyl sites for hydroxylation is 1. The van der Waals surface area contributed by atoms with E-state index in [1.807, 2.05) is 31.2 Å². The molecule has 1 unspecified atom stereocenters. The predicted octanol–water partition coefficient (Wildman–Crippen LogP) is 3.65. The number of nitrogens with zero attached hydrogens (tertiary/aromatic N) is 3. The van der Waals surface area contributed by atoms with Gasteiger partial charge in [0.05, 0.1) is 12.6 Å². The Balaban J connectivity index is 0.00000225. The number of halogens is 2. The van der Waals surface area contributed by atoms with Crippen LogP contribution in [0.2, 0.25) is 5.02 Å². The molecule has 1 aliphatic carbocycles. The molecular weight excluding hydrogens is 453 g/mol. The zero-order valence-electron chi connectivity index (χ0n) is 14.3. The van der Waals surface area contributed by atoms with Crippen LogP contribution in [0.3, 0.4) is 0 Å². The summed E-state index contributed by atoms with van der Waals surface area (Å²) in [6.45, 7) is 4.51. The third-order valence-electron chi connectivity index (χ3n) is 3.81. The van der Waals surface area contributed by atoms with E-state index in [-0.39, 0.29) is 30.0 Å². The molecular formula is C17H23ClIN5O. The fraction of sp³-hybridized carbons (Fsp3) is 0.471. The van der Waals surface area contributed by atoms with Crippen molar-refractivity contribution in [3.8, 4) is 0 Å². The summed E-state index contributed by atoms with van der Waals surface area (Å²) in [5.74, 6) is 2.09. The van der Waals surface area contributed by atoms with E-state index < -0.39 is 0 Å². The zero-order valence-corrected chi connectivity index (χ0v) is 17.4. The molecule has 136 valence electrons. The van der Waals surface area contributed by atoms with Gasteiger partial charge in [0.15, 0.2) is 11.8 Å². The molecule has 1 aliphatic rings. The van der Waals surface area contributed by atoms with Crippen molar-refractivity contribution < 1.29 is 4.52 Å². The zero-order chi connectivity index (χ0) is 16.9. The Labute approximate surface area is 169 Å². The summed E-state index contributed by atoms with van der Waals surface area (Å²) < 4.78 is 5.12. The van der Waals surface area contributed by atoms with Gasteiger partial charge in [-0.05, 0) is 44.4 Å². The van der Waals surface area contributed by atoms with E-state index in [4.69, 9.17) is 16.1 Å². The lowest BCUT2D eigenvalue weighted by Gasteiger charge is -2.18. The van der Waals surface area contributed by atoms with Crippen molar-refractivity contribution in [2.24, 2.45) is 4.99 Å². The van der Waals surface area contributed by atoms with E-state index >= 15 is 0 Å². The minimum atomic E-state index is 0. The maximum Gasteiger partial charge on any atom is 0.228 e. The molecule has 1 atom stereocenters. The second-order valence-corrected chi connectivity index (χ2v) is 6.49. The van der Waals surface area contributed by atoms with E-state index in [9.17, 15) is 0 Å². The number of nitrogens with one attached hydrogen (secondary N) is 2. The van der Waals surface area contributed by atoms with Gasteiger partial charge in [0.25, 0.3) is 0 Å². The highest BCUT2D eigenvalue weighted by atomic mass is 127. The Hall–Kier alpha value is -1.35. The van der Waals surface area contributed by atoms with Crippen LogP contribution in [0, 0.1) is 6.92 Å². The van der Waals surface area contributed by atoms with Crippen molar-refractivity contribution in [3.05, 3.63) is 46.6 Å². The lowest BCUT2D eigenvalue weighted by Crippen LogP contribution is -2.40. The Morgan fingerprint density at radius 2 is 2.08 bits per heavy atom. The molecule has 2 aromatic rings. The Kier molecular flexibility index (Phi) is 7.49. The Morgan fingerprint density at radius 3 is 2.68 bits per heavy atom. The Bertz CT molecular complexity index is 699. The molecule has 1 heterocycles. The molecule has 0 amide bonds. The van der Waals surface area contributed by atoms with E-state index in [1.54, 1.807) is 0 Å². The summed E-state index contributed by atoms with van der Waals surface area (Å²) in [5.41, 5.74) is 1.16. The van der Waals surface area contributed by atoms with Crippen LogP contribution >= 0.6 is 35.6 Å². The number of hydrogen-bond donors (Lipinski definition) is 2. The van der Waals surface area contributed by atoms with E-state index in [1.165, 1.54) is 12.8 Å². The maximum absolute atomic E-state index is 5.95. The van der Waals surface area contributed by atoms with Crippen molar-refractivity contribution in [2.45, 2.75) is 45.2 Å². The molecule has 0 saturated heterocycles.